The zero-order chi connectivity index (χ0) is 21.6. The molecule has 0 radical (unpaired) electrons. The number of nitrogens with zero attached hydrogens (tertiary/aromatic N) is 1. The predicted molar refractivity (Wildman–Crippen MR) is 116 cm³/mol. The lowest BCUT2D eigenvalue weighted by molar-refractivity contribution is -0.119. The minimum absolute atomic E-state index is 0.223. The molecule has 31 heavy (non-hydrogen) atoms. The lowest BCUT2D eigenvalue weighted by atomic mass is 10.1. The zero-order valence-corrected chi connectivity index (χ0v) is 16.9. The maximum absolute atomic E-state index is 12.2. The standard InChI is InChI=1S/C23H16N2O5S/c26-12-18-10-11-20(30-18)16-6-8-17(9-7-16)22(28)29-13-21(27)25-23-24-19(14-31-23)15-4-2-1-3-5-15/h1-12,14H,13H2,(H,24,25,27). The van der Waals surface area contributed by atoms with Gasteiger partial charge in [-0.25, -0.2) is 9.78 Å². The lowest BCUT2D eigenvalue weighted by Gasteiger charge is -2.05. The number of aromatic nitrogens is 1. The topological polar surface area (TPSA) is 98.5 Å². The third-order valence-corrected chi connectivity index (χ3v) is 5.06. The summed E-state index contributed by atoms with van der Waals surface area (Å²) in [7, 11) is 0. The number of esters is 1. The Morgan fingerprint density at radius 2 is 1.77 bits per heavy atom. The van der Waals surface area contributed by atoms with Gasteiger partial charge in [-0.1, -0.05) is 42.5 Å². The number of thiazole rings is 1. The Balaban J connectivity index is 1.31. The molecule has 4 rings (SSSR count). The number of rotatable bonds is 7. The molecule has 2 aromatic carbocycles. The molecule has 0 fully saturated rings. The molecular weight excluding hydrogens is 416 g/mol. The van der Waals surface area contributed by atoms with Crippen LogP contribution in [0.1, 0.15) is 20.9 Å². The zero-order valence-electron chi connectivity index (χ0n) is 16.1. The van der Waals surface area contributed by atoms with Crippen LogP contribution in [0.25, 0.3) is 22.6 Å². The summed E-state index contributed by atoms with van der Waals surface area (Å²) < 4.78 is 10.4. The second-order valence-electron chi connectivity index (χ2n) is 6.43. The third kappa shape index (κ3) is 4.93. The molecule has 0 saturated carbocycles. The van der Waals surface area contributed by atoms with E-state index in [2.05, 4.69) is 10.3 Å². The Morgan fingerprint density at radius 1 is 1.00 bits per heavy atom. The second kappa shape index (κ2) is 9.19. The van der Waals surface area contributed by atoms with Gasteiger partial charge in [0, 0.05) is 16.5 Å². The van der Waals surface area contributed by atoms with Gasteiger partial charge in [-0.3, -0.25) is 14.9 Å². The van der Waals surface area contributed by atoms with Crippen LogP contribution in [0, 0.1) is 0 Å². The van der Waals surface area contributed by atoms with E-state index in [1.807, 2.05) is 35.7 Å². The van der Waals surface area contributed by atoms with Gasteiger partial charge in [0.05, 0.1) is 11.3 Å². The molecule has 4 aromatic rings. The number of carbonyl (C=O) groups is 3. The molecule has 0 atom stereocenters. The van der Waals surface area contributed by atoms with E-state index in [-0.39, 0.29) is 5.76 Å². The highest BCUT2D eigenvalue weighted by molar-refractivity contribution is 7.14. The molecule has 0 bridgehead atoms. The fraction of sp³-hybridized carbons (Fsp3) is 0.0435. The Bertz CT molecular complexity index is 1210. The van der Waals surface area contributed by atoms with E-state index >= 15 is 0 Å². The molecular formula is C23H16N2O5S. The maximum Gasteiger partial charge on any atom is 0.338 e. The summed E-state index contributed by atoms with van der Waals surface area (Å²) in [6, 6.07) is 19.3. The summed E-state index contributed by atoms with van der Waals surface area (Å²) in [6.07, 6.45) is 0.620. The predicted octanol–water partition coefficient (Wildman–Crippen LogP) is 4.68. The number of ether oxygens (including phenoxy) is 1. The first kappa shape index (κ1) is 20.2. The first-order valence-electron chi connectivity index (χ1n) is 9.26. The maximum atomic E-state index is 12.2. The Labute approximate surface area is 181 Å². The molecule has 0 aliphatic heterocycles. The van der Waals surface area contributed by atoms with Crippen LogP contribution in [0.4, 0.5) is 5.13 Å². The van der Waals surface area contributed by atoms with Gasteiger partial charge >= 0.3 is 5.97 Å². The minimum atomic E-state index is -0.626. The lowest BCUT2D eigenvalue weighted by Crippen LogP contribution is -2.20. The van der Waals surface area contributed by atoms with Crippen molar-refractivity contribution in [2.75, 3.05) is 11.9 Å². The van der Waals surface area contributed by atoms with Crippen LogP contribution in [-0.4, -0.2) is 29.8 Å². The largest absolute Gasteiger partial charge is 0.453 e. The van der Waals surface area contributed by atoms with E-state index in [4.69, 9.17) is 9.15 Å². The Hall–Kier alpha value is -4.04. The van der Waals surface area contributed by atoms with Gasteiger partial charge in [0.2, 0.25) is 0 Å². The van der Waals surface area contributed by atoms with Crippen molar-refractivity contribution in [2.24, 2.45) is 0 Å². The van der Waals surface area contributed by atoms with Crippen molar-refractivity contribution in [3.05, 3.63) is 83.4 Å². The van der Waals surface area contributed by atoms with Crippen molar-refractivity contribution in [1.29, 1.82) is 0 Å². The molecule has 2 heterocycles. The molecule has 8 heteroatoms. The van der Waals surface area contributed by atoms with Crippen LogP contribution in [-0.2, 0) is 9.53 Å². The van der Waals surface area contributed by atoms with Gasteiger partial charge < -0.3 is 9.15 Å². The molecule has 1 amide bonds. The van der Waals surface area contributed by atoms with E-state index in [1.54, 1.807) is 36.4 Å². The minimum Gasteiger partial charge on any atom is -0.453 e. The van der Waals surface area contributed by atoms with Crippen LogP contribution in [0.3, 0.4) is 0 Å². The van der Waals surface area contributed by atoms with Crippen molar-refractivity contribution in [3.8, 4) is 22.6 Å². The fourth-order valence-electron chi connectivity index (χ4n) is 2.78. The first-order chi connectivity index (χ1) is 15.1. The summed E-state index contributed by atoms with van der Waals surface area (Å²) in [5.74, 6) is -0.366. The van der Waals surface area contributed by atoms with Crippen molar-refractivity contribution in [2.45, 2.75) is 0 Å². The average molecular weight is 432 g/mol. The summed E-state index contributed by atoms with van der Waals surface area (Å²) in [5, 5.41) is 4.90. The van der Waals surface area contributed by atoms with Crippen LogP contribution < -0.4 is 5.32 Å². The van der Waals surface area contributed by atoms with Gasteiger partial charge in [-0.05, 0) is 24.3 Å². The van der Waals surface area contributed by atoms with E-state index < -0.39 is 18.5 Å². The number of aldehydes is 1. The number of hydrogen-bond acceptors (Lipinski definition) is 7. The Kier molecular flexibility index (Phi) is 6.00. The molecule has 154 valence electrons. The number of furan rings is 1. The fourth-order valence-corrected chi connectivity index (χ4v) is 3.52. The molecule has 7 nitrogen and oxygen atoms in total. The summed E-state index contributed by atoms with van der Waals surface area (Å²) in [4.78, 5) is 39.4. The van der Waals surface area contributed by atoms with Crippen LogP contribution in [0.2, 0.25) is 0 Å². The summed E-state index contributed by atoms with van der Waals surface area (Å²) in [5.41, 5.74) is 2.71. The van der Waals surface area contributed by atoms with Crippen molar-refractivity contribution in [3.63, 3.8) is 0 Å². The molecule has 0 spiro atoms. The molecule has 2 aromatic heterocycles. The third-order valence-electron chi connectivity index (χ3n) is 4.30. The van der Waals surface area contributed by atoms with Crippen molar-refractivity contribution < 1.29 is 23.5 Å². The molecule has 0 aliphatic carbocycles. The van der Waals surface area contributed by atoms with Gasteiger partial charge in [0.1, 0.15) is 5.76 Å². The quantitative estimate of drug-likeness (QED) is 0.336. The second-order valence-corrected chi connectivity index (χ2v) is 7.28. The number of carbonyl (C=O) groups excluding carboxylic acids is 3. The summed E-state index contributed by atoms with van der Waals surface area (Å²) >= 11 is 1.29. The number of anilines is 1. The van der Waals surface area contributed by atoms with Gasteiger partial charge in [-0.15, -0.1) is 11.3 Å². The molecule has 0 saturated heterocycles. The van der Waals surface area contributed by atoms with E-state index in [0.29, 0.717) is 28.3 Å². The smallest absolute Gasteiger partial charge is 0.338 e. The number of amides is 1. The van der Waals surface area contributed by atoms with Crippen molar-refractivity contribution in [1.82, 2.24) is 4.98 Å². The number of nitrogens with one attached hydrogen (secondary N) is 1. The number of hydrogen-bond donors (Lipinski definition) is 1. The van der Waals surface area contributed by atoms with Crippen molar-refractivity contribution >= 4 is 34.6 Å². The van der Waals surface area contributed by atoms with Gasteiger partial charge in [0.15, 0.2) is 23.8 Å². The normalized spacial score (nSPS) is 10.5. The Morgan fingerprint density at radius 3 is 2.48 bits per heavy atom. The van der Waals surface area contributed by atoms with Gasteiger partial charge in [0.25, 0.3) is 5.91 Å². The highest BCUT2D eigenvalue weighted by Gasteiger charge is 2.13. The van der Waals surface area contributed by atoms with Crippen LogP contribution in [0.15, 0.2) is 76.5 Å². The van der Waals surface area contributed by atoms with E-state index in [1.165, 1.54) is 11.3 Å². The highest BCUT2D eigenvalue weighted by atomic mass is 32.1. The average Bonchev–Trinajstić information content (AvgIpc) is 3.48. The SMILES string of the molecule is O=Cc1ccc(-c2ccc(C(=O)OCC(=O)Nc3nc(-c4ccccc4)cs3)cc2)o1. The van der Waals surface area contributed by atoms with Crippen LogP contribution in [0.5, 0.6) is 0 Å². The highest BCUT2D eigenvalue weighted by Crippen LogP contribution is 2.25. The monoisotopic (exact) mass is 432 g/mol. The van der Waals surface area contributed by atoms with E-state index in [9.17, 15) is 14.4 Å². The molecule has 0 unspecified atom stereocenters. The van der Waals surface area contributed by atoms with Crippen LogP contribution >= 0.6 is 11.3 Å². The first-order valence-corrected chi connectivity index (χ1v) is 10.1. The van der Waals surface area contributed by atoms with Gasteiger partial charge in [-0.2, -0.15) is 0 Å². The van der Waals surface area contributed by atoms with E-state index in [0.717, 1.165) is 11.3 Å². The summed E-state index contributed by atoms with van der Waals surface area (Å²) in [6.45, 7) is -0.429. The molecule has 0 aliphatic rings. The number of benzene rings is 2. The molecule has 1 N–H and O–H groups in total.